The van der Waals surface area contributed by atoms with Crippen molar-refractivity contribution in [3.63, 3.8) is 0 Å². The Bertz CT molecular complexity index is 677. The van der Waals surface area contributed by atoms with Gasteiger partial charge in [-0.2, -0.15) is 35.3 Å². The lowest BCUT2D eigenvalue weighted by Gasteiger charge is -2.22. The second-order valence-corrected chi connectivity index (χ2v) is 14.1. The third kappa shape index (κ3) is 26.9. The van der Waals surface area contributed by atoms with Gasteiger partial charge in [0.1, 0.15) is 0 Å². The number of carboxylic acids is 4. The minimum Gasteiger partial charge on any atom is -0.481 e. The average molecular weight is 611 g/mol. The summed E-state index contributed by atoms with van der Waals surface area (Å²) in [6.45, 7) is 2.14. The Kier molecular flexibility index (Phi) is 25.2. The van der Waals surface area contributed by atoms with Gasteiger partial charge in [-0.1, -0.05) is 45.4 Å². The van der Waals surface area contributed by atoms with Crippen molar-refractivity contribution in [2.75, 3.05) is 17.3 Å². The van der Waals surface area contributed by atoms with Gasteiger partial charge in [-0.25, -0.2) is 0 Å². The van der Waals surface area contributed by atoms with Crippen LogP contribution in [0.2, 0.25) is 0 Å². The van der Waals surface area contributed by atoms with Crippen molar-refractivity contribution >= 4 is 59.2 Å². The highest BCUT2D eigenvalue weighted by Crippen LogP contribution is 2.31. The molecule has 0 saturated heterocycles. The summed E-state index contributed by atoms with van der Waals surface area (Å²) in [6.07, 6.45) is 13.6. The zero-order valence-corrected chi connectivity index (χ0v) is 26.0. The van der Waals surface area contributed by atoms with E-state index in [1.165, 1.54) is 0 Å². The van der Waals surface area contributed by atoms with Crippen LogP contribution in [-0.2, 0) is 19.2 Å². The number of hydrogen-bond donors (Lipinski definition) is 4. The van der Waals surface area contributed by atoms with Crippen LogP contribution in [0.4, 0.5) is 0 Å². The summed E-state index contributed by atoms with van der Waals surface area (Å²) in [5.74, 6) is -1.28. The molecule has 0 saturated carbocycles. The average Bonchev–Trinajstić information content (AvgIpc) is 2.85. The second kappa shape index (κ2) is 25.9. The molecule has 0 rings (SSSR count). The molecule has 4 N–H and O–H groups in total. The standard InChI is InChI=1S/C28H50O8S3/c1-2-9-22(37-19-16-26(31)32)14-15-24(39-21-18-28(35)36)12-8-11-23(38-20-17-27(33)34)10-6-4-3-5-7-13-25(29)30/h22-24H,2-21H2,1H3,(H,29,30)(H,31,32)(H,33,34)(H,35,36). The predicted octanol–water partition coefficient (Wildman–Crippen LogP) is 7.28. The van der Waals surface area contributed by atoms with Crippen molar-refractivity contribution in [2.24, 2.45) is 0 Å². The fraction of sp³-hybridized carbons (Fsp3) is 0.857. The molecule has 0 aromatic heterocycles. The van der Waals surface area contributed by atoms with Gasteiger partial charge in [0.2, 0.25) is 0 Å². The molecule has 39 heavy (non-hydrogen) atoms. The molecule has 0 fully saturated rings. The van der Waals surface area contributed by atoms with Crippen molar-refractivity contribution in [3.05, 3.63) is 0 Å². The molecule has 0 spiro atoms. The highest BCUT2D eigenvalue weighted by Gasteiger charge is 2.17. The molecule has 0 amide bonds. The van der Waals surface area contributed by atoms with Crippen molar-refractivity contribution in [3.8, 4) is 0 Å². The SMILES string of the molecule is CCCC(CCC(CCCC(CCCCCCCC(=O)O)SCCC(=O)O)SCCC(=O)O)SCCC(=O)O. The molecule has 8 nitrogen and oxygen atoms in total. The first-order valence-corrected chi connectivity index (χ1v) is 17.5. The van der Waals surface area contributed by atoms with Crippen LogP contribution in [0.15, 0.2) is 0 Å². The number of carboxylic acid groups (broad SMARTS) is 4. The van der Waals surface area contributed by atoms with E-state index in [0.717, 1.165) is 77.0 Å². The molecule has 0 aliphatic carbocycles. The van der Waals surface area contributed by atoms with E-state index in [1.807, 2.05) is 0 Å². The third-order valence-corrected chi connectivity index (χ3v) is 10.5. The summed E-state index contributed by atoms with van der Waals surface area (Å²) in [6, 6.07) is 0. The predicted molar refractivity (Wildman–Crippen MR) is 163 cm³/mol. The Morgan fingerprint density at radius 1 is 0.462 bits per heavy atom. The van der Waals surface area contributed by atoms with Crippen LogP contribution in [0.3, 0.4) is 0 Å². The Morgan fingerprint density at radius 3 is 1.26 bits per heavy atom. The van der Waals surface area contributed by atoms with Gasteiger partial charge in [0.25, 0.3) is 0 Å². The second-order valence-electron chi connectivity index (χ2n) is 9.91. The molecule has 3 atom stereocenters. The summed E-state index contributed by atoms with van der Waals surface area (Å²) < 4.78 is 0. The van der Waals surface area contributed by atoms with E-state index in [-0.39, 0.29) is 25.7 Å². The zero-order chi connectivity index (χ0) is 29.3. The van der Waals surface area contributed by atoms with E-state index in [4.69, 9.17) is 20.4 Å². The van der Waals surface area contributed by atoms with E-state index in [1.54, 1.807) is 35.3 Å². The van der Waals surface area contributed by atoms with Gasteiger partial charge >= 0.3 is 23.9 Å². The fourth-order valence-electron chi connectivity index (χ4n) is 4.32. The smallest absolute Gasteiger partial charge is 0.304 e. The number of carbonyl (C=O) groups is 4. The van der Waals surface area contributed by atoms with Gasteiger partial charge in [0.15, 0.2) is 0 Å². The van der Waals surface area contributed by atoms with Crippen LogP contribution in [0.25, 0.3) is 0 Å². The van der Waals surface area contributed by atoms with Crippen LogP contribution < -0.4 is 0 Å². The normalized spacial score (nSPS) is 13.6. The summed E-state index contributed by atoms with van der Waals surface area (Å²) in [7, 11) is 0. The van der Waals surface area contributed by atoms with Gasteiger partial charge < -0.3 is 20.4 Å². The number of hydrogen-bond acceptors (Lipinski definition) is 7. The molecule has 0 aromatic carbocycles. The highest BCUT2D eigenvalue weighted by atomic mass is 32.2. The highest BCUT2D eigenvalue weighted by molar-refractivity contribution is 8.00. The first kappa shape index (κ1) is 37.9. The summed E-state index contributed by atoms with van der Waals surface area (Å²) in [5, 5.41) is 37.0. The quantitative estimate of drug-likeness (QED) is 0.0633. The number of rotatable bonds is 29. The van der Waals surface area contributed by atoms with E-state index in [0.29, 0.717) is 39.4 Å². The molecule has 11 heteroatoms. The molecule has 0 aromatic rings. The van der Waals surface area contributed by atoms with E-state index >= 15 is 0 Å². The minimum absolute atomic E-state index is 0.146. The first-order valence-electron chi connectivity index (χ1n) is 14.4. The van der Waals surface area contributed by atoms with Crippen molar-refractivity contribution < 1.29 is 39.6 Å². The Balaban J connectivity index is 4.76. The molecule has 0 radical (unpaired) electrons. The van der Waals surface area contributed by atoms with Crippen LogP contribution >= 0.6 is 35.3 Å². The number of thioether (sulfide) groups is 3. The summed E-state index contributed by atoms with van der Waals surface area (Å²) in [5.41, 5.74) is 0. The Hall–Kier alpha value is -1.07. The molecule has 0 aliphatic rings. The molecule has 0 heterocycles. The summed E-state index contributed by atoms with van der Waals surface area (Å²) >= 11 is 5.21. The van der Waals surface area contributed by atoms with Crippen LogP contribution in [0.1, 0.15) is 116 Å². The van der Waals surface area contributed by atoms with Gasteiger partial charge in [-0.15, -0.1) is 0 Å². The molecule has 3 unspecified atom stereocenters. The largest absolute Gasteiger partial charge is 0.481 e. The van der Waals surface area contributed by atoms with Crippen LogP contribution in [-0.4, -0.2) is 77.3 Å². The lowest BCUT2D eigenvalue weighted by Crippen LogP contribution is -2.13. The van der Waals surface area contributed by atoms with Gasteiger partial charge in [0, 0.05) is 39.4 Å². The molecule has 228 valence electrons. The van der Waals surface area contributed by atoms with Crippen LogP contribution in [0.5, 0.6) is 0 Å². The first-order chi connectivity index (χ1) is 18.6. The zero-order valence-electron chi connectivity index (χ0n) is 23.5. The Labute approximate surface area is 247 Å². The molecule has 0 aliphatic heterocycles. The minimum atomic E-state index is -0.785. The lowest BCUT2D eigenvalue weighted by atomic mass is 10.0. The third-order valence-electron chi connectivity index (χ3n) is 6.40. The maximum atomic E-state index is 11.0. The van der Waals surface area contributed by atoms with E-state index in [2.05, 4.69) is 6.92 Å². The van der Waals surface area contributed by atoms with Crippen molar-refractivity contribution in [1.82, 2.24) is 0 Å². The van der Waals surface area contributed by atoms with E-state index < -0.39 is 23.9 Å². The Morgan fingerprint density at radius 2 is 0.821 bits per heavy atom. The fourth-order valence-corrected chi connectivity index (χ4v) is 8.20. The topological polar surface area (TPSA) is 149 Å². The van der Waals surface area contributed by atoms with E-state index in [9.17, 15) is 19.2 Å². The number of aliphatic carboxylic acids is 4. The monoisotopic (exact) mass is 610 g/mol. The van der Waals surface area contributed by atoms with Crippen molar-refractivity contribution in [2.45, 2.75) is 132 Å². The van der Waals surface area contributed by atoms with Gasteiger partial charge in [-0.3, -0.25) is 19.2 Å². The maximum Gasteiger partial charge on any atom is 0.304 e. The van der Waals surface area contributed by atoms with Crippen molar-refractivity contribution in [1.29, 1.82) is 0 Å². The van der Waals surface area contributed by atoms with Gasteiger partial charge in [0.05, 0.1) is 19.3 Å². The molecular formula is C28H50O8S3. The molecular weight excluding hydrogens is 561 g/mol. The maximum absolute atomic E-state index is 11.0. The van der Waals surface area contributed by atoms with Crippen LogP contribution in [0, 0.1) is 0 Å². The number of unbranched alkanes of at least 4 members (excludes halogenated alkanes) is 4. The molecule has 0 bridgehead atoms. The summed E-state index contributed by atoms with van der Waals surface area (Å²) in [4.78, 5) is 43.5. The van der Waals surface area contributed by atoms with Gasteiger partial charge in [-0.05, 0) is 44.9 Å². The lowest BCUT2D eigenvalue weighted by molar-refractivity contribution is -0.138.